The molecule has 0 spiro atoms. The molecule has 4 amide bonds. The maximum atomic E-state index is 13.1. The topological polar surface area (TPSA) is 124 Å². The van der Waals surface area contributed by atoms with Crippen LogP contribution in [0, 0.1) is 12.8 Å². The lowest BCUT2D eigenvalue weighted by molar-refractivity contribution is -0.140. The average Bonchev–Trinajstić information content (AvgIpc) is 2.95. The lowest BCUT2D eigenvalue weighted by atomic mass is 9.96. The molecular formula is C29H32ClN5O5. The molecule has 1 fully saturated rings. The first-order valence-corrected chi connectivity index (χ1v) is 13.1. The van der Waals surface area contributed by atoms with Crippen molar-refractivity contribution in [1.82, 2.24) is 20.1 Å². The Bertz CT molecular complexity index is 1450. The van der Waals surface area contributed by atoms with Crippen LogP contribution in [0.3, 0.4) is 0 Å². The first-order chi connectivity index (χ1) is 19.2. The van der Waals surface area contributed by atoms with E-state index in [1.165, 1.54) is 11.9 Å². The summed E-state index contributed by atoms with van der Waals surface area (Å²) in [6.45, 7) is 2.87. The van der Waals surface area contributed by atoms with Crippen LogP contribution in [0.5, 0.6) is 5.88 Å². The van der Waals surface area contributed by atoms with E-state index in [4.69, 9.17) is 21.4 Å². The van der Waals surface area contributed by atoms with Crippen LogP contribution in [0.4, 0.5) is 10.5 Å². The molecular weight excluding hydrogens is 534 g/mol. The maximum Gasteiger partial charge on any atom is 0.326 e. The average molecular weight is 566 g/mol. The number of hydrogen-bond acceptors (Lipinski definition) is 7. The smallest absolute Gasteiger partial charge is 0.326 e. The van der Waals surface area contributed by atoms with Gasteiger partial charge in [-0.05, 0) is 30.2 Å². The van der Waals surface area contributed by atoms with E-state index in [1.807, 2.05) is 43.3 Å². The van der Waals surface area contributed by atoms with Gasteiger partial charge in [0.25, 0.3) is 0 Å². The van der Waals surface area contributed by atoms with Gasteiger partial charge in [0, 0.05) is 56.1 Å². The van der Waals surface area contributed by atoms with E-state index in [9.17, 15) is 14.4 Å². The van der Waals surface area contributed by atoms with Gasteiger partial charge in [0.15, 0.2) is 0 Å². The number of anilines is 1. The number of amides is 4. The number of methoxy groups -OCH3 is 1. The zero-order valence-corrected chi connectivity index (χ0v) is 23.6. The van der Waals surface area contributed by atoms with Crippen molar-refractivity contribution in [3.05, 3.63) is 64.7 Å². The zero-order chi connectivity index (χ0) is 29.0. The molecule has 10 nitrogen and oxygen atoms in total. The van der Waals surface area contributed by atoms with Gasteiger partial charge in [0.1, 0.15) is 5.92 Å². The Morgan fingerprint density at radius 2 is 1.80 bits per heavy atom. The number of benzene rings is 2. The molecule has 210 valence electrons. The molecule has 1 aliphatic heterocycles. The van der Waals surface area contributed by atoms with E-state index in [2.05, 4.69) is 15.6 Å². The van der Waals surface area contributed by atoms with Crippen molar-refractivity contribution in [2.45, 2.75) is 13.5 Å². The van der Waals surface area contributed by atoms with Crippen LogP contribution in [-0.4, -0.2) is 78.6 Å². The highest BCUT2D eigenvalue weighted by atomic mass is 35.5. The predicted octanol–water partition coefficient (Wildman–Crippen LogP) is 3.55. The second-order valence-electron chi connectivity index (χ2n) is 9.51. The van der Waals surface area contributed by atoms with Gasteiger partial charge in [-0.1, -0.05) is 48.0 Å². The van der Waals surface area contributed by atoms with Gasteiger partial charge in [-0.15, -0.1) is 0 Å². The van der Waals surface area contributed by atoms with Crippen LogP contribution >= 0.6 is 11.6 Å². The van der Waals surface area contributed by atoms with E-state index >= 15 is 0 Å². The van der Waals surface area contributed by atoms with Crippen molar-refractivity contribution in [3.63, 3.8) is 0 Å². The summed E-state index contributed by atoms with van der Waals surface area (Å²) in [7, 11) is 4.48. The number of ether oxygens (including phenoxy) is 1. The molecule has 0 radical (unpaired) electrons. The number of nitrogens with zero attached hydrogens (tertiary/aromatic N) is 3. The Kier molecular flexibility index (Phi) is 9.03. The molecule has 1 aliphatic rings. The van der Waals surface area contributed by atoms with E-state index < -0.39 is 23.8 Å². The van der Waals surface area contributed by atoms with Gasteiger partial charge in [-0.25, -0.2) is 9.78 Å². The van der Waals surface area contributed by atoms with Gasteiger partial charge in [0.2, 0.25) is 17.7 Å². The molecule has 4 rings (SSSR count). The number of urea groups is 1. The molecule has 2 heterocycles. The fraction of sp³-hybridized carbons (Fsp3) is 0.310. The molecule has 0 aliphatic carbocycles. The van der Waals surface area contributed by atoms with Gasteiger partial charge in [-0.2, -0.15) is 0 Å². The lowest BCUT2D eigenvalue weighted by Gasteiger charge is -2.33. The fourth-order valence-corrected chi connectivity index (χ4v) is 4.99. The minimum Gasteiger partial charge on any atom is -0.481 e. The quantitative estimate of drug-likeness (QED) is 0.268. The molecule has 0 saturated carbocycles. The summed E-state index contributed by atoms with van der Waals surface area (Å²) < 4.78 is 5.50. The van der Waals surface area contributed by atoms with E-state index in [1.54, 1.807) is 26.3 Å². The largest absolute Gasteiger partial charge is 0.481 e. The molecule has 1 unspecified atom stereocenters. The molecule has 1 atom stereocenters. The molecule has 3 N–H and O–H groups in total. The second-order valence-corrected chi connectivity index (χ2v) is 9.89. The standard InChI is InChI=1S/C29H32ClN5O5/c1-17-19(7-6-10-23(17)32-26(37)22-16-34(2)29(39)35(3)28(22)38)20-8-5-9-21(25(20)30)24-12-11-18(15-31-13-14-36)27(33-24)40-4/h5-12,22,31,36H,13-16H2,1-4H3,(H,32,37). The molecule has 3 aromatic rings. The lowest BCUT2D eigenvalue weighted by Crippen LogP contribution is -2.56. The minimum atomic E-state index is -1.01. The fourth-order valence-electron chi connectivity index (χ4n) is 4.66. The summed E-state index contributed by atoms with van der Waals surface area (Å²) in [5.41, 5.74) is 5.07. The summed E-state index contributed by atoms with van der Waals surface area (Å²) in [4.78, 5) is 44.7. The molecule has 1 aromatic heterocycles. The van der Waals surface area contributed by atoms with Gasteiger partial charge in [0.05, 0.1) is 24.4 Å². The number of aromatic nitrogens is 1. The molecule has 1 saturated heterocycles. The van der Waals surface area contributed by atoms with E-state index in [0.717, 1.165) is 27.2 Å². The van der Waals surface area contributed by atoms with E-state index in [0.29, 0.717) is 40.9 Å². The number of aliphatic hydroxyl groups is 1. The zero-order valence-electron chi connectivity index (χ0n) is 22.8. The Labute approximate surface area is 237 Å². The minimum absolute atomic E-state index is 0.00714. The number of carbonyl (C=O) groups excluding carboxylic acids is 3. The van der Waals surface area contributed by atoms with Crippen LogP contribution in [0.15, 0.2) is 48.5 Å². The number of hydrogen-bond donors (Lipinski definition) is 3. The maximum absolute atomic E-state index is 13.1. The van der Waals surface area contributed by atoms with Crippen LogP contribution < -0.4 is 15.4 Å². The first kappa shape index (κ1) is 29.0. The number of pyridine rings is 1. The monoisotopic (exact) mass is 565 g/mol. The van der Waals surface area contributed by atoms with Crippen LogP contribution in [0.25, 0.3) is 22.4 Å². The van der Waals surface area contributed by atoms with Crippen molar-refractivity contribution >= 4 is 35.1 Å². The third kappa shape index (κ3) is 5.79. The molecule has 11 heteroatoms. The second kappa shape index (κ2) is 12.5. The highest BCUT2D eigenvalue weighted by Crippen LogP contribution is 2.39. The summed E-state index contributed by atoms with van der Waals surface area (Å²) in [6.07, 6.45) is 0. The van der Waals surface area contributed by atoms with Gasteiger partial charge >= 0.3 is 6.03 Å². The Balaban J connectivity index is 1.63. The summed E-state index contributed by atoms with van der Waals surface area (Å²) >= 11 is 6.94. The third-order valence-electron chi connectivity index (χ3n) is 6.91. The number of nitrogens with one attached hydrogen (secondary N) is 2. The summed E-state index contributed by atoms with van der Waals surface area (Å²) in [5, 5.41) is 15.5. The summed E-state index contributed by atoms with van der Waals surface area (Å²) in [6, 6.07) is 14.5. The number of rotatable bonds is 9. The van der Waals surface area contributed by atoms with Crippen molar-refractivity contribution < 1.29 is 24.2 Å². The third-order valence-corrected chi connectivity index (χ3v) is 7.32. The molecule has 0 bridgehead atoms. The van der Waals surface area contributed by atoms with Crippen LogP contribution in [0.1, 0.15) is 11.1 Å². The van der Waals surface area contributed by atoms with Gasteiger partial charge < -0.3 is 25.4 Å². The van der Waals surface area contributed by atoms with E-state index in [-0.39, 0.29) is 13.2 Å². The van der Waals surface area contributed by atoms with Gasteiger partial charge in [-0.3, -0.25) is 14.5 Å². The summed E-state index contributed by atoms with van der Waals surface area (Å²) in [5.74, 6) is -1.57. The molecule has 40 heavy (non-hydrogen) atoms. The highest BCUT2D eigenvalue weighted by Gasteiger charge is 2.39. The number of imide groups is 1. The highest BCUT2D eigenvalue weighted by molar-refractivity contribution is 6.36. The Morgan fingerprint density at radius 3 is 2.52 bits per heavy atom. The van der Waals surface area contributed by atoms with Crippen molar-refractivity contribution in [3.8, 4) is 28.3 Å². The number of halogens is 1. The normalized spacial score (nSPS) is 15.4. The van der Waals surface area contributed by atoms with Crippen molar-refractivity contribution in [1.29, 1.82) is 0 Å². The predicted molar refractivity (Wildman–Crippen MR) is 153 cm³/mol. The Morgan fingerprint density at radius 1 is 1.10 bits per heavy atom. The number of aliphatic hydroxyl groups excluding tert-OH is 1. The first-order valence-electron chi connectivity index (χ1n) is 12.8. The SMILES string of the molecule is COc1nc(-c2cccc(-c3cccc(NC(=O)C4CN(C)C(=O)N(C)C4=O)c3C)c2Cl)ccc1CNCCO. The van der Waals surface area contributed by atoms with Crippen LogP contribution in [0.2, 0.25) is 5.02 Å². The Hall–Kier alpha value is -3.99. The number of carbonyl (C=O) groups is 3. The molecule has 2 aromatic carbocycles. The van der Waals surface area contributed by atoms with Crippen LogP contribution in [-0.2, 0) is 16.1 Å². The van der Waals surface area contributed by atoms with Crippen molar-refractivity contribution in [2.75, 3.05) is 46.2 Å². The van der Waals surface area contributed by atoms with Crippen molar-refractivity contribution in [2.24, 2.45) is 5.92 Å².